The number of hydrogen-bond acceptors (Lipinski definition) is 3. The zero-order valence-corrected chi connectivity index (χ0v) is 11.7. The summed E-state index contributed by atoms with van der Waals surface area (Å²) in [6.45, 7) is 7.13. The number of nitrogens with zero attached hydrogens (tertiary/aromatic N) is 1. The molecule has 3 heteroatoms. The van der Waals surface area contributed by atoms with Crippen LogP contribution in [0.2, 0.25) is 0 Å². The normalized spacial score (nSPS) is 11.1. The van der Waals surface area contributed by atoms with Gasteiger partial charge in [0, 0.05) is 31.0 Å². The van der Waals surface area contributed by atoms with Crippen LogP contribution in [0, 0.1) is 0 Å². The standard InChI is InChI=1S/C15H26N2O/c1-14(2)16-10-5-3-7-12-18-13-9-15-8-4-6-11-17-15/h4,6,8,11,14,16H,3,5,7,9-10,12-13H2,1-2H3. The Morgan fingerprint density at radius 1 is 1.17 bits per heavy atom. The maximum absolute atomic E-state index is 5.60. The molecule has 0 saturated heterocycles. The molecule has 102 valence electrons. The Morgan fingerprint density at radius 2 is 2.06 bits per heavy atom. The van der Waals surface area contributed by atoms with Gasteiger partial charge in [0.25, 0.3) is 0 Å². The number of aromatic nitrogens is 1. The molecule has 1 aromatic heterocycles. The molecule has 1 N–H and O–H groups in total. The molecule has 0 spiro atoms. The molecule has 0 aliphatic carbocycles. The Bertz CT molecular complexity index is 288. The molecule has 0 saturated carbocycles. The van der Waals surface area contributed by atoms with E-state index >= 15 is 0 Å². The highest BCUT2D eigenvalue weighted by molar-refractivity contribution is 5.03. The third-order valence-electron chi connectivity index (χ3n) is 2.75. The number of rotatable bonds is 10. The van der Waals surface area contributed by atoms with Crippen molar-refractivity contribution in [1.82, 2.24) is 10.3 Å². The number of pyridine rings is 1. The summed E-state index contributed by atoms with van der Waals surface area (Å²) in [6, 6.07) is 6.60. The van der Waals surface area contributed by atoms with E-state index in [1.165, 1.54) is 12.8 Å². The first-order chi connectivity index (χ1) is 8.79. The summed E-state index contributed by atoms with van der Waals surface area (Å²) in [5.41, 5.74) is 1.11. The average Bonchev–Trinajstić information content (AvgIpc) is 2.37. The van der Waals surface area contributed by atoms with E-state index in [2.05, 4.69) is 24.1 Å². The van der Waals surface area contributed by atoms with Gasteiger partial charge >= 0.3 is 0 Å². The summed E-state index contributed by atoms with van der Waals surface area (Å²) < 4.78 is 5.60. The van der Waals surface area contributed by atoms with Crippen molar-refractivity contribution < 1.29 is 4.74 Å². The van der Waals surface area contributed by atoms with E-state index in [4.69, 9.17) is 4.74 Å². The maximum Gasteiger partial charge on any atom is 0.0521 e. The van der Waals surface area contributed by atoms with Crippen molar-refractivity contribution >= 4 is 0 Å². The largest absolute Gasteiger partial charge is 0.381 e. The second-order valence-electron chi connectivity index (χ2n) is 4.85. The summed E-state index contributed by atoms with van der Waals surface area (Å²) in [5, 5.41) is 3.42. The molecule has 0 radical (unpaired) electrons. The van der Waals surface area contributed by atoms with Crippen LogP contribution < -0.4 is 5.32 Å². The lowest BCUT2D eigenvalue weighted by Crippen LogP contribution is -2.23. The van der Waals surface area contributed by atoms with Gasteiger partial charge in [-0.05, 0) is 37.9 Å². The van der Waals surface area contributed by atoms with Gasteiger partial charge in [0.05, 0.1) is 6.61 Å². The molecule has 0 bridgehead atoms. The second kappa shape index (κ2) is 10.0. The Hall–Kier alpha value is -0.930. The minimum atomic E-state index is 0.597. The Labute approximate surface area is 111 Å². The quantitative estimate of drug-likeness (QED) is 0.648. The van der Waals surface area contributed by atoms with Gasteiger partial charge in [0.2, 0.25) is 0 Å². The number of hydrogen-bond donors (Lipinski definition) is 1. The highest BCUT2D eigenvalue weighted by atomic mass is 16.5. The van der Waals surface area contributed by atoms with Crippen molar-refractivity contribution in [3.63, 3.8) is 0 Å². The summed E-state index contributed by atoms with van der Waals surface area (Å²) in [5.74, 6) is 0. The van der Waals surface area contributed by atoms with Gasteiger partial charge < -0.3 is 10.1 Å². The van der Waals surface area contributed by atoms with Crippen LogP contribution >= 0.6 is 0 Å². The van der Waals surface area contributed by atoms with E-state index in [1.54, 1.807) is 0 Å². The van der Waals surface area contributed by atoms with Gasteiger partial charge in [0.1, 0.15) is 0 Å². The fourth-order valence-electron chi connectivity index (χ4n) is 1.72. The van der Waals surface area contributed by atoms with Crippen molar-refractivity contribution in [3.8, 4) is 0 Å². The molecule has 1 heterocycles. The number of ether oxygens (including phenoxy) is 1. The third kappa shape index (κ3) is 8.20. The zero-order valence-electron chi connectivity index (χ0n) is 11.7. The molecule has 0 amide bonds. The van der Waals surface area contributed by atoms with Crippen molar-refractivity contribution in [1.29, 1.82) is 0 Å². The van der Waals surface area contributed by atoms with Gasteiger partial charge in [-0.1, -0.05) is 19.9 Å². The van der Waals surface area contributed by atoms with Gasteiger partial charge in [-0.2, -0.15) is 0 Å². The molecule has 1 aromatic rings. The number of unbranched alkanes of at least 4 members (excludes halogenated alkanes) is 2. The molecule has 0 fully saturated rings. The molecule has 1 rings (SSSR count). The van der Waals surface area contributed by atoms with Gasteiger partial charge in [0.15, 0.2) is 0 Å². The molecular formula is C15H26N2O. The highest BCUT2D eigenvalue weighted by Crippen LogP contribution is 1.98. The fraction of sp³-hybridized carbons (Fsp3) is 0.667. The molecule has 0 unspecified atom stereocenters. The van der Waals surface area contributed by atoms with E-state index in [1.807, 2.05) is 24.4 Å². The van der Waals surface area contributed by atoms with E-state index in [0.717, 1.165) is 38.3 Å². The van der Waals surface area contributed by atoms with Crippen molar-refractivity contribution in [3.05, 3.63) is 30.1 Å². The molecular weight excluding hydrogens is 224 g/mol. The summed E-state index contributed by atoms with van der Waals surface area (Å²) in [6.07, 6.45) is 6.37. The summed E-state index contributed by atoms with van der Waals surface area (Å²) in [4.78, 5) is 4.27. The predicted octanol–water partition coefficient (Wildman–Crippen LogP) is 2.81. The van der Waals surface area contributed by atoms with Gasteiger partial charge in [-0.3, -0.25) is 4.98 Å². The smallest absolute Gasteiger partial charge is 0.0521 e. The lowest BCUT2D eigenvalue weighted by atomic mass is 10.2. The molecule has 0 aromatic carbocycles. The highest BCUT2D eigenvalue weighted by Gasteiger charge is 1.95. The van der Waals surface area contributed by atoms with Crippen LogP contribution in [-0.4, -0.2) is 30.8 Å². The first-order valence-electron chi connectivity index (χ1n) is 7.00. The molecule has 0 aliphatic heterocycles. The molecule has 18 heavy (non-hydrogen) atoms. The topological polar surface area (TPSA) is 34.1 Å². The lowest BCUT2D eigenvalue weighted by Gasteiger charge is -2.07. The van der Waals surface area contributed by atoms with Crippen molar-refractivity contribution in [2.75, 3.05) is 19.8 Å². The lowest BCUT2D eigenvalue weighted by molar-refractivity contribution is 0.132. The van der Waals surface area contributed by atoms with E-state index in [0.29, 0.717) is 6.04 Å². The van der Waals surface area contributed by atoms with Crippen molar-refractivity contribution in [2.24, 2.45) is 0 Å². The van der Waals surface area contributed by atoms with Gasteiger partial charge in [-0.25, -0.2) is 0 Å². The second-order valence-corrected chi connectivity index (χ2v) is 4.85. The van der Waals surface area contributed by atoms with Crippen molar-refractivity contribution in [2.45, 2.75) is 45.6 Å². The van der Waals surface area contributed by atoms with Crippen LogP contribution in [0.15, 0.2) is 24.4 Å². The monoisotopic (exact) mass is 250 g/mol. The predicted molar refractivity (Wildman–Crippen MR) is 75.7 cm³/mol. The van der Waals surface area contributed by atoms with Crippen LogP contribution in [0.4, 0.5) is 0 Å². The van der Waals surface area contributed by atoms with Crippen LogP contribution in [0.5, 0.6) is 0 Å². The Morgan fingerprint density at radius 3 is 2.78 bits per heavy atom. The summed E-state index contributed by atoms with van der Waals surface area (Å²) in [7, 11) is 0. The van der Waals surface area contributed by atoms with Crippen LogP contribution in [-0.2, 0) is 11.2 Å². The number of nitrogens with one attached hydrogen (secondary N) is 1. The summed E-state index contributed by atoms with van der Waals surface area (Å²) >= 11 is 0. The minimum absolute atomic E-state index is 0.597. The van der Waals surface area contributed by atoms with E-state index in [-0.39, 0.29) is 0 Å². The maximum atomic E-state index is 5.60. The first kappa shape index (κ1) is 15.1. The van der Waals surface area contributed by atoms with Crippen LogP contribution in [0.3, 0.4) is 0 Å². The molecule has 3 nitrogen and oxygen atoms in total. The van der Waals surface area contributed by atoms with Crippen LogP contribution in [0.25, 0.3) is 0 Å². The first-order valence-corrected chi connectivity index (χ1v) is 7.00. The Kier molecular flexibility index (Phi) is 8.43. The molecule has 0 atom stereocenters. The average molecular weight is 250 g/mol. The fourth-order valence-corrected chi connectivity index (χ4v) is 1.72. The third-order valence-corrected chi connectivity index (χ3v) is 2.75. The molecule has 0 aliphatic rings. The minimum Gasteiger partial charge on any atom is -0.381 e. The van der Waals surface area contributed by atoms with E-state index < -0.39 is 0 Å². The SMILES string of the molecule is CC(C)NCCCCCOCCc1ccccn1. The van der Waals surface area contributed by atoms with Gasteiger partial charge in [-0.15, -0.1) is 0 Å². The Balaban J connectivity index is 1.84. The zero-order chi connectivity index (χ0) is 13.1. The van der Waals surface area contributed by atoms with Crippen LogP contribution in [0.1, 0.15) is 38.8 Å². The van der Waals surface area contributed by atoms with E-state index in [9.17, 15) is 0 Å².